The minimum absolute atomic E-state index is 0.268. The molecule has 0 spiro atoms. The number of nitrogens with zero attached hydrogens (tertiary/aromatic N) is 2. The van der Waals surface area contributed by atoms with E-state index >= 15 is 0 Å². The lowest BCUT2D eigenvalue weighted by Crippen LogP contribution is -2.25. The van der Waals surface area contributed by atoms with Crippen molar-refractivity contribution in [1.82, 2.24) is 14.3 Å². The van der Waals surface area contributed by atoms with Gasteiger partial charge in [0, 0.05) is 34.4 Å². The molecular weight excluding hydrogens is 530 g/mol. The number of hydrogen-bond donors (Lipinski definition) is 1. The molecule has 1 heterocycles. The van der Waals surface area contributed by atoms with Gasteiger partial charge in [-0.1, -0.05) is 88.4 Å². The summed E-state index contributed by atoms with van der Waals surface area (Å²) in [6, 6.07) is 27.2. The Morgan fingerprint density at radius 1 is 0.912 bits per heavy atom. The molecule has 4 rings (SSSR count). The summed E-state index contributed by atoms with van der Waals surface area (Å²) in [6.07, 6.45) is 0.693. The minimum atomic E-state index is -3.51. The van der Waals surface area contributed by atoms with Crippen molar-refractivity contribution in [3.05, 3.63) is 89.4 Å². The summed E-state index contributed by atoms with van der Waals surface area (Å²) in [7, 11) is -3.51. The van der Waals surface area contributed by atoms with Crippen molar-refractivity contribution in [2.75, 3.05) is 12.3 Å². The predicted molar refractivity (Wildman–Crippen MR) is 143 cm³/mol. The summed E-state index contributed by atoms with van der Waals surface area (Å²) in [6.45, 7) is 3.29. The number of imidazole rings is 1. The Morgan fingerprint density at radius 2 is 1.53 bits per heavy atom. The molecule has 4 aromatic rings. The van der Waals surface area contributed by atoms with Gasteiger partial charge in [0.2, 0.25) is 10.0 Å². The Morgan fingerprint density at radius 3 is 2.15 bits per heavy atom. The monoisotopic (exact) mass is 555 g/mol. The number of rotatable bonds is 10. The Labute approximate surface area is 213 Å². The van der Waals surface area contributed by atoms with Gasteiger partial charge in [-0.2, -0.15) is 0 Å². The standard InChI is InChI=1S/C26H26BrN3O2S2/c1-2-30-25(21-12-7-4-8-13-21)24(20-10-5-3-6-11-20)29-26(30)33-19-9-18-28-34(31,32)23-16-14-22(27)15-17-23/h3-8,10-17,28H,2,9,18-19H2,1H3. The SMILES string of the molecule is CCn1c(SCCCNS(=O)(=O)c2ccc(Br)cc2)nc(-c2ccccc2)c1-c1ccccc1. The van der Waals surface area contributed by atoms with Crippen LogP contribution in [0.5, 0.6) is 0 Å². The third kappa shape index (κ3) is 5.81. The number of hydrogen-bond acceptors (Lipinski definition) is 4. The van der Waals surface area contributed by atoms with Gasteiger partial charge in [-0.05, 0) is 37.6 Å². The fourth-order valence-electron chi connectivity index (χ4n) is 3.66. The van der Waals surface area contributed by atoms with Crippen molar-refractivity contribution >= 4 is 37.7 Å². The van der Waals surface area contributed by atoms with Crippen molar-refractivity contribution in [2.45, 2.75) is 29.9 Å². The molecule has 0 aliphatic carbocycles. The second-order valence-corrected chi connectivity index (χ2v) is 11.4. The van der Waals surface area contributed by atoms with Gasteiger partial charge in [-0.3, -0.25) is 0 Å². The molecule has 34 heavy (non-hydrogen) atoms. The molecule has 0 saturated heterocycles. The van der Waals surface area contributed by atoms with Gasteiger partial charge in [0.15, 0.2) is 5.16 Å². The van der Waals surface area contributed by atoms with Crippen LogP contribution in [-0.2, 0) is 16.6 Å². The van der Waals surface area contributed by atoms with Crippen molar-refractivity contribution in [1.29, 1.82) is 0 Å². The van der Waals surface area contributed by atoms with E-state index in [-0.39, 0.29) is 4.90 Å². The lowest BCUT2D eigenvalue weighted by molar-refractivity contribution is 0.581. The minimum Gasteiger partial charge on any atom is -0.319 e. The zero-order valence-corrected chi connectivity index (χ0v) is 22.0. The van der Waals surface area contributed by atoms with Crippen LogP contribution in [0.3, 0.4) is 0 Å². The number of benzene rings is 3. The van der Waals surface area contributed by atoms with E-state index in [0.717, 1.165) is 44.4 Å². The quantitative estimate of drug-likeness (QED) is 0.180. The Balaban J connectivity index is 1.48. The first kappa shape index (κ1) is 24.7. The summed E-state index contributed by atoms with van der Waals surface area (Å²) >= 11 is 4.98. The molecule has 176 valence electrons. The van der Waals surface area contributed by atoms with Crippen LogP contribution in [0.1, 0.15) is 13.3 Å². The van der Waals surface area contributed by atoms with Crippen LogP contribution in [0.15, 0.2) is 99.5 Å². The third-order valence-corrected chi connectivity index (χ3v) is 8.38. The molecule has 0 saturated carbocycles. The van der Waals surface area contributed by atoms with Crippen molar-refractivity contribution in [3.63, 3.8) is 0 Å². The van der Waals surface area contributed by atoms with E-state index in [1.54, 1.807) is 36.0 Å². The van der Waals surface area contributed by atoms with Gasteiger partial charge in [0.1, 0.15) is 0 Å². The van der Waals surface area contributed by atoms with Crippen LogP contribution in [0.2, 0.25) is 0 Å². The van der Waals surface area contributed by atoms with Gasteiger partial charge >= 0.3 is 0 Å². The van der Waals surface area contributed by atoms with Crippen LogP contribution < -0.4 is 4.72 Å². The van der Waals surface area contributed by atoms with Crippen LogP contribution in [-0.4, -0.2) is 30.3 Å². The molecule has 1 N–H and O–H groups in total. The maximum Gasteiger partial charge on any atom is 0.240 e. The second kappa shape index (κ2) is 11.4. The molecule has 0 amide bonds. The number of halogens is 1. The lowest BCUT2D eigenvalue weighted by Gasteiger charge is -2.11. The molecule has 0 aliphatic heterocycles. The van der Waals surface area contributed by atoms with Gasteiger partial charge in [0.05, 0.1) is 16.3 Å². The fraction of sp³-hybridized carbons (Fsp3) is 0.192. The summed E-state index contributed by atoms with van der Waals surface area (Å²) < 4.78 is 30.8. The molecule has 0 aliphatic rings. The van der Waals surface area contributed by atoms with E-state index in [4.69, 9.17) is 4.98 Å². The molecule has 0 fully saturated rings. The summed E-state index contributed by atoms with van der Waals surface area (Å²) in [4.78, 5) is 5.28. The van der Waals surface area contributed by atoms with Gasteiger partial charge in [0.25, 0.3) is 0 Å². The molecule has 3 aromatic carbocycles. The highest BCUT2D eigenvalue weighted by atomic mass is 79.9. The van der Waals surface area contributed by atoms with E-state index in [1.165, 1.54) is 0 Å². The zero-order valence-electron chi connectivity index (χ0n) is 18.8. The maximum absolute atomic E-state index is 12.5. The Kier molecular flexibility index (Phi) is 8.26. The molecule has 0 radical (unpaired) electrons. The zero-order chi connectivity index (χ0) is 24.0. The molecule has 1 aromatic heterocycles. The van der Waals surface area contributed by atoms with Gasteiger partial charge in [-0.15, -0.1) is 0 Å². The van der Waals surface area contributed by atoms with Crippen molar-refractivity contribution in [3.8, 4) is 22.5 Å². The first-order chi connectivity index (χ1) is 16.5. The maximum atomic E-state index is 12.5. The van der Waals surface area contributed by atoms with Crippen molar-refractivity contribution < 1.29 is 8.42 Å². The number of aromatic nitrogens is 2. The first-order valence-corrected chi connectivity index (χ1v) is 14.3. The Hall–Kier alpha value is -2.39. The second-order valence-electron chi connectivity index (χ2n) is 7.62. The summed E-state index contributed by atoms with van der Waals surface area (Å²) in [5.74, 6) is 0.752. The largest absolute Gasteiger partial charge is 0.319 e. The van der Waals surface area contributed by atoms with E-state index in [9.17, 15) is 8.42 Å². The number of sulfonamides is 1. The summed E-state index contributed by atoms with van der Waals surface area (Å²) in [5, 5.41) is 0.941. The fourth-order valence-corrected chi connectivity index (χ4v) is 6.00. The normalized spacial score (nSPS) is 11.6. The highest BCUT2D eigenvalue weighted by Gasteiger charge is 2.19. The molecule has 0 unspecified atom stereocenters. The van der Waals surface area contributed by atoms with E-state index in [1.807, 2.05) is 36.4 Å². The summed E-state index contributed by atoms with van der Waals surface area (Å²) in [5.41, 5.74) is 4.28. The predicted octanol–water partition coefficient (Wildman–Crippen LogP) is 6.46. The molecule has 8 heteroatoms. The lowest BCUT2D eigenvalue weighted by atomic mass is 10.0. The van der Waals surface area contributed by atoms with Gasteiger partial charge in [-0.25, -0.2) is 18.1 Å². The molecular formula is C26H26BrN3O2S2. The Bertz CT molecular complexity index is 1320. The number of thioether (sulfide) groups is 1. The number of nitrogens with one attached hydrogen (secondary N) is 1. The average Bonchev–Trinajstić information content (AvgIpc) is 3.23. The van der Waals surface area contributed by atoms with Crippen LogP contribution in [0.25, 0.3) is 22.5 Å². The van der Waals surface area contributed by atoms with Crippen LogP contribution in [0, 0.1) is 0 Å². The van der Waals surface area contributed by atoms with Crippen LogP contribution >= 0.6 is 27.7 Å². The molecule has 0 atom stereocenters. The van der Waals surface area contributed by atoms with E-state index in [0.29, 0.717) is 13.0 Å². The molecule has 5 nitrogen and oxygen atoms in total. The highest BCUT2D eigenvalue weighted by molar-refractivity contribution is 9.10. The molecule has 0 bridgehead atoms. The van der Waals surface area contributed by atoms with Crippen molar-refractivity contribution in [2.24, 2.45) is 0 Å². The first-order valence-electron chi connectivity index (χ1n) is 11.1. The smallest absolute Gasteiger partial charge is 0.240 e. The highest BCUT2D eigenvalue weighted by Crippen LogP contribution is 2.36. The average molecular weight is 557 g/mol. The van der Waals surface area contributed by atoms with Crippen LogP contribution in [0.4, 0.5) is 0 Å². The topological polar surface area (TPSA) is 64.0 Å². The van der Waals surface area contributed by atoms with E-state index in [2.05, 4.69) is 56.4 Å². The van der Waals surface area contributed by atoms with E-state index < -0.39 is 10.0 Å². The van der Waals surface area contributed by atoms with Gasteiger partial charge < -0.3 is 4.57 Å². The third-order valence-electron chi connectivity index (χ3n) is 5.31.